The van der Waals surface area contributed by atoms with E-state index in [1.54, 1.807) is 30.0 Å². The summed E-state index contributed by atoms with van der Waals surface area (Å²) in [4.78, 5) is 24.4. The Kier molecular flexibility index (Phi) is 5.17. The zero-order valence-electron chi connectivity index (χ0n) is 14.7. The number of carbonyl (C=O) groups excluding carboxylic acids is 2. The largest absolute Gasteiger partial charge is 0.467 e. The van der Waals surface area contributed by atoms with Crippen LogP contribution in [0, 0.1) is 13.8 Å². The Labute approximate surface area is 151 Å². The number of para-hydroxylation sites is 1. The van der Waals surface area contributed by atoms with Crippen LogP contribution in [0.15, 0.2) is 53.1 Å². The molecule has 0 aliphatic carbocycles. The molecule has 0 radical (unpaired) electrons. The Hall–Kier alpha value is -3.35. The van der Waals surface area contributed by atoms with E-state index < -0.39 is 0 Å². The van der Waals surface area contributed by atoms with Gasteiger partial charge in [0.15, 0.2) is 0 Å². The summed E-state index contributed by atoms with van der Waals surface area (Å²) in [5.41, 5.74) is 2.69. The molecule has 0 spiro atoms. The molecule has 2 amide bonds. The predicted molar refractivity (Wildman–Crippen MR) is 95.9 cm³/mol. The topological polar surface area (TPSA) is 89.2 Å². The number of nitrogens with zero attached hydrogens (tertiary/aromatic N) is 2. The summed E-state index contributed by atoms with van der Waals surface area (Å²) in [6, 6.07) is 13.1. The van der Waals surface area contributed by atoms with Crippen molar-refractivity contribution in [2.45, 2.75) is 20.4 Å². The van der Waals surface area contributed by atoms with Gasteiger partial charge in [-0.3, -0.25) is 9.59 Å². The lowest BCUT2D eigenvalue weighted by atomic mass is 10.2. The van der Waals surface area contributed by atoms with Gasteiger partial charge in [-0.2, -0.15) is 5.10 Å². The smallest absolute Gasteiger partial charge is 0.255 e. The first-order valence-electron chi connectivity index (χ1n) is 8.25. The fourth-order valence-electron chi connectivity index (χ4n) is 2.70. The van der Waals surface area contributed by atoms with Crippen LogP contribution in [0.5, 0.6) is 0 Å². The van der Waals surface area contributed by atoms with Crippen molar-refractivity contribution in [3.63, 3.8) is 0 Å². The number of hydrogen-bond donors (Lipinski definition) is 2. The molecule has 2 heterocycles. The van der Waals surface area contributed by atoms with Crippen LogP contribution >= 0.6 is 0 Å². The third-order valence-electron chi connectivity index (χ3n) is 3.97. The minimum atomic E-state index is -0.324. The van der Waals surface area contributed by atoms with Crippen molar-refractivity contribution in [2.75, 3.05) is 6.54 Å². The maximum atomic E-state index is 12.5. The maximum absolute atomic E-state index is 12.5. The second kappa shape index (κ2) is 7.69. The van der Waals surface area contributed by atoms with Gasteiger partial charge in [-0.15, -0.1) is 0 Å². The Morgan fingerprint density at radius 3 is 2.54 bits per heavy atom. The average Bonchev–Trinajstić information content (AvgIpc) is 3.26. The molecule has 2 aromatic heterocycles. The minimum Gasteiger partial charge on any atom is -0.467 e. The van der Waals surface area contributed by atoms with Crippen LogP contribution in [-0.4, -0.2) is 28.1 Å². The van der Waals surface area contributed by atoms with Crippen molar-refractivity contribution >= 4 is 11.8 Å². The fourth-order valence-corrected chi connectivity index (χ4v) is 2.70. The van der Waals surface area contributed by atoms with Crippen molar-refractivity contribution in [1.29, 1.82) is 0 Å². The first-order valence-corrected chi connectivity index (χ1v) is 8.25. The molecule has 0 saturated carbocycles. The normalized spacial score (nSPS) is 10.5. The maximum Gasteiger partial charge on any atom is 0.255 e. The molecule has 1 aromatic carbocycles. The van der Waals surface area contributed by atoms with Crippen LogP contribution in [0.2, 0.25) is 0 Å². The van der Waals surface area contributed by atoms with Gasteiger partial charge >= 0.3 is 0 Å². The highest BCUT2D eigenvalue weighted by atomic mass is 16.3. The Bertz CT molecular complexity index is 899. The van der Waals surface area contributed by atoms with Gasteiger partial charge in [-0.1, -0.05) is 18.2 Å². The summed E-state index contributed by atoms with van der Waals surface area (Å²) >= 11 is 0. The number of aryl methyl sites for hydroxylation is 1. The molecule has 0 bridgehead atoms. The van der Waals surface area contributed by atoms with E-state index in [4.69, 9.17) is 4.42 Å². The highest BCUT2D eigenvalue weighted by molar-refractivity contribution is 5.98. The number of hydrogen-bond acceptors (Lipinski definition) is 4. The van der Waals surface area contributed by atoms with E-state index in [-0.39, 0.29) is 24.9 Å². The minimum absolute atomic E-state index is 0.116. The highest BCUT2D eigenvalue weighted by Crippen LogP contribution is 2.17. The molecular formula is C19H20N4O3. The monoisotopic (exact) mass is 352 g/mol. The van der Waals surface area contributed by atoms with Crippen molar-refractivity contribution in [3.05, 3.63) is 71.4 Å². The van der Waals surface area contributed by atoms with E-state index >= 15 is 0 Å². The van der Waals surface area contributed by atoms with Crippen LogP contribution in [0.25, 0.3) is 5.69 Å². The molecular weight excluding hydrogens is 332 g/mol. The second-order valence-corrected chi connectivity index (χ2v) is 5.83. The van der Waals surface area contributed by atoms with Gasteiger partial charge in [-0.25, -0.2) is 4.68 Å². The molecule has 134 valence electrons. The van der Waals surface area contributed by atoms with Crippen molar-refractivity contribution in [1.82, 2.24) is 20.4 Å². The van der Waals surface area contributed by atoms with E-state index in [2.05, 4.69) is 15.7 Å². The van der Waals surface area contributed by atoms with Gasteiger partial charge in [0.05, 0.1) is 42.0 Å². The predicted octanol–water partition coefficient (Wildman–Crippen LogP) is 2.13. The summed E-state index contributed by atoms with van der Waals surface area (Å²) in [6.45, 7) is 3.78. The summed E-state index contributed by atoms with van der Waals surface area (Å²) in [5.74, 6) is 0.0383. The van der Waals surface area contributed by atoms with E-state index in [0.717, 1.165) is 11.4 Å². The summed E-state index contributed by atoms with van der Waals surface area (Å²) in [7, 11) is 0. The molecule has 0 fully saturated rings. The fraction of sp³-hybridized carbons (Fsp3) is 0.211. The highest BCUT2D eigenvalue weighted by Gasteiger charge is 2.19. The molecule has 26 heavy (non-hydrogen) atoms. The van der Waals surface area contributed by atoms with Gasteiger partial charge in [0, 0.05) is 0 Å². The van der Waals surface area contributed by atoms with Gasteiger partial charge in [0.25, 0.3) is 5.91 Å². The van der Waals surface area contributed by atoms with Gasteiger partial charge < -0.3 is 15.1 Å². The van der Waals surface area contributed by atoms with Crippen LogP contribution < -0.4 is 10.6 Å². The standard InChI is InChI=1S/C19H20N4O3/c1-13-18(14(2)23(22-13)15-7-4-3-5-8-15)19(25)21-12-17(24)20-11-16-9-6-10-26-16/h3-10H,11-12H2,1-2H3,(H,20,24)(H,21,25). The van der Waals surface area contributed by atoms with Gasteiger partial charge in [0.2, 0.25) is 5.91 Å². The summed E-state index contributed by atoms with van der Waals surface area (Å²) < 4.78 is 6.87. The quantitative estimate of drug-likeness (QED) is 0.711. The molecule has 0 aliphatic rings. The molecule has 0 aliphatic heterocycles. The van der Waals surface area contributed by atoms with E-state index in [0.29, 0.717) is 17.0 Å². The first-order chi connectivity index (χ1) is 12.6. The molecule has 7 nitrogen and oxygen atoms in total. The SMILES string of the molecule is Cc1nn(-c2ccccc2)c(C)c1C(=O)NCC(=O)NCc1ccco1. The van der Waals surface area contributed by atoms with E-state index in [1.165, 1.54) is 0 Å². The lowest BCUT2D eigenvalue weighted by Gasteiger charge is -2.07. The van der Waals surface area contributed by atoms with Gasteiger partial charge in [-0.05, 0) is 38.1 Å². The Balaban J connectivity index is 1.63. The lowest BCUT2D eigenvalue weighted by molar-refractivity contribution is -0.120. The van der Waals surface area contributed by atoms with Crippen LogP contribution in [-0.2, 0) is 11.3 Å². The summed E-state index contributed by atoms with van der Waals surface area (Å²) in [6.07, 6.45) is 1.54. The zero-order valence-corrected chi connectivity index (χ0v) is 14.7. The molecule has 3 rings (SSSR count). The number of carbonyl (C=O) groups is 2. The molecule has 0 unspecified atom stereocenters. The summed E-state index contributed by atoms with van der Waals surface area (Å²) in [5, 5.41) is 9.77. The number of benzene rings is 1. The third-order valence-corrected chi connectivity index (χ3v) is 3.97. The van der Waals surface area contributed by atoms with Crippen LogP contribution in [0.4, 0.5) is 0 Å². The average molecular weight is 352 g/mol. The molecule has 7 heteroatoms. The second-order valence-electron chi connectivity index (χ2n) is 5.83. The van der Waals surface area contributed by atoms with Crippen molar-refractivity contribution in [2.24, 2.45) is 0 Å². The lowest BCUT2D eigenvalue weighted by Crippen LogP contribution is -2.36. The molecule has 2 N–H and O–H groups in total. The van der Waals surface area contributed by atoms with Crippen LogP contribution in [0.1, 0.15) is 27.5 Å². The zero-order chi connectivity index (χ0) is 18.5. The van der Waals surface area contributed by atoms with Crippen molar-refractivity contribution < 1.29 is 14.0 Å². The molecule has 0 atom stereocenters. The number of aromatic nitrogens is 2. The van der Waals surface area contributed by atoms with Crippen LogP contribution in [0.3, 0.4) is 0 Å². The van der Waals surface area contributed by atoms with Gasteiger partial charge in [0.1, 0.15) is 5.76 Å². The molecule has 3 aromatic rings. The first kappa shape index (κ1) is 17.5. The third kappa shape index (κ3) is 3.83. The van der Waals surface area contributed by atoms with E-state index in [1.807, 2.05) is 37.3 Å². The Morgan fingerprint density at radius 2 is 1.85 bits per heavy atom. The molecule has 0 saturated heterocycles. The number of rotatable bonds is 6. The van der Waals surface area contributed by atoms with E-state index in [9.17, 15) is 9.59 Å². The Morgan fingerprint density at radius 1 is 1.08 bits per heavy atom. The number of nitrogens with one attached hydrogen (secondary N) is 2. The number of furan rings is 1. The number of amides is 2. The van der Waals surface area contributed by atoms with Crippen molar-refractivity contribution in [3.8, 4) is 5.69 Å².